The summed E-state index contributed by atoms with van der Waals surface area (Å²) in [5, 5.41) is 9.03. The van der Waals surface area contributed by atoms with E-state index in [2.05, 4.69) is 24.3 Å². The Morgan fingerprint density at radius 3 is 2.30 bits per heavy atom. The highest BCUT2D eigenvalue weighted by atomic mass is 32.3. The lowest BCUT2D eigenvalue weighted by Gasteiger charge is -2.23. The third-order valence-corrected chi connectivity index (χ3v) is 7.98. The lowest BCUT2D eigenvalue weighted by atomic mass is 10.1. The fourth-order valence-corrected chi connectivity index (χ4v) is 5.82. The standard InChI is InChI=1S/C27H27N5O6S2/c1-2-31(15-16-38-40(35,36)37)19-11-9-18(10-12-19)29-30-27-28-26(32-13-5-6-14-32)23(39-27)17-22-24(33)20-7-3-4-8-21(20)25(22)34/h3-4,7-12,17H,2,5-6,13-16H2,1H3,(H,35,36,37)/p-1. The smallest absolute Gasteiger partial charge is 0.232 e. The summed E-state index contributed by atoms with van der Waals surface area (Å²) in [6, 6.07) is 14.0. The number of azo groups is 1. The van der Waals surface area contributed by atoms with Gasteiger partial charge in [0.2, 0.25) is 15.5 Å². The van der Waals surface area contributed by atoms with Gasteiger partial charge in [0.05, 0.1) is 22.7 Å². The highest BCUT2D eigenvalue weighted by molar-refractivity contribution is 7.80. The molecule has 3 aromatic rings. The molecule has 2 aliphatic rings. The van der Waals surface area contributed by atoms with Gasteiger partial charge in [-0.3, -0.25) is 13.8 Å². The molecule has 11 nitrogen and oxygen atoms in total. The van der Waals surface area contributed by atoms with Crippen molar-refractivity contribution < 1.29 is 26.7 Å². The molecule has 2 aromatic carbocycles. The number of carbonyl (C=O) groups is 2. The van der Waals surface area contributed by atoms with Crippen LogP contribution in [0, 0.1) is 0 Å². The first-order chi connectivity index (χ1) is 19.2. The molecule has 1 aliphatic heterocycles. The third kappa shape index (κ3) is 6.17. The number of nitrogens with zero attached hydrogens (tertiary/aromatic N) is 5. The minimum absolute atomic E-state index is 0.128. The largest absolute Gasteiger partial charge is 0.726 e. The first-order valence-corrected chi connectivity index (χ1v) is 14.9. The fraction of sp³-hybridized carbons (Fsp3) is 0.296. The summed E-state index contributed by atoms with van der Waals surface area (Å²) in [4.78, 5) is 35.3. The number of Topliss-reactive ketones (excluding diaryl/α,β-unsaturated/α-hetero) is 2. The molecular formula is C27H26N5O6S2-. The maximum atomic E-state index is 12.9. The molecule has 0 unspecified atom stereocenters. The summed E-state index contributed by atoms with van der Waals surface area (Å²) >= 11 is 1.27. The molecule has 40 heavy (non-hydrogen) atoms. The molecule has 5 rings (SSSR count). The number of aromatic nitrogens is 1. The number of hydrogen-bond donors (Lipinski definition) is 0. The van der Waals surface area contributed by atoms with E-state index in [-0.39, 0.29) is 30.3 Å². The Hall–Kier alpha value is -3.78. The number of anilines is 2. The van der Waals surface area contributed by atoms with Crippen LogP contribution in [0.3, 0.4) is 0 Å². The van der Waals surface area contributed by atoms with Crippen LogP contribution < -0.4 is 9.80 Å². The van der Waals surface area contributed by atoms with Gasteiger partial charge in [0.25, 0.3) is 0 Å². The summed E-state index contributed by atoms with van der Waals surface area (Å²) in [6.45, 7) is 4.13. The Morgan fingerprint density at radius 2 is 1.70 bits per heavy atom. The second-order valence-corrected chi connectivity index (χ2v) is 11.2. The molecule has 0 bridgehead atoms. The van der Waals surface area contributed by atoms with E-state index in [0.717, 1.165) is 31.6 Å². The van der Waals surface area contributed by atoms with Crippen LogP contribution in [-0.4, -0.2) is 62.3 Å². The van der Waals surface area contributed by atoms with Crippen molar-refractivity contribution in [2.75, 3.05) is 42.6 Å². The van der Waals surface area contributed by atoms with Gasteiger partial charge in [0.15, 0.2) is 11.6 Å². The van der Waals surface area contributed by atoms with Gasteiger partial charge >= 0.3 is 0 Å². The van der Waals surface area contributed by atoms with Gasteiger partial charge in [-0.05, 0) is 50.1 Å². The molecule has 0 spiro atoms. The van der Waals surface area contributed by atoms with E-state index in [9.17, 15) is 22.6 Å². The van der Waals surface area contributed by atoms with E-state index in [4.69, 9.17) is 0 Å². The molecule has 0 radical (unpaired) electrons. The second-order valence-electron chi connectivity index (χ2n) is 9.17. The molecule has 0 N–H and O–H groups in total. The van der Waals surface area contributed by atoms with E-state index in [1.807, 2.05) is 24.0 Å². The minimum atomic E-state index is -4.73. The summed E-state index contributed by atoms with van der Waals surface area (Å²) in [5.41, 5.74) is 2.34. The number of thiazole rings is 1. The molecule has 0 saturated carbocycles. The van der Waals surface area contributed by atoms with Crippen molar-refractivity contribution in [3.8, 4) is 0 Å². The lowest BCUT2D eigenvalue weighted by Crippen LogP contribution is -2.27. The van der Waals surface area contributed by atoms with Gasteiger partial charge in [0.1, 0.15) is 5.82 Å². The highest BCUT2D eigenvalue weighted by Crippen LogP contribution is 2.38. The average Bonchev–Trinajstić information content (AvgIpc) is 3.66. The van der Waals surface area contributed by atoms with Gasteiger partial charge in [-0.2, -0.15) is 4.98 Å². The molecule has 1 saturated heterocycles. The van der Waals surface area contributed by atoms with Crippen molar-refractivity contribution in [1.29, 1.82) is 0 Å². The van der Waals surface area contributed by atoms with Crippen LogP contribution in [0.25, 0.3) is 6.08 Å². The predicted octanol–water partition coefficient (Wildman–Crippen LogP) is 4.92. The van der Waals surface area contributed by atoms with E-state index in [1.54, 1.807) is 42.5 Å². The van der Waals surface area contributed by atoms with Crippen LogP contribution >= 0.6 is 11.3 Å². The highest BCUT2D eigenvalue weighted by Gasteiger charge is 2.33. The van der Waals surface area contributed by atoms with Crippen molar-refractivity contribution in [3.05, 3.63) is 70.1 Å². The predicted molar refractivity (Wildman–Crippen MR) is 151 cm³/mol. The quantitative estimate of drug-likeness (QED) is 0.107. The Balaban J connectivity index is 1.35. The van der Waals surface area contributed by atoms with Gasteiger partial charge < -0.3 is 14.4 Å². The van der Waals surface area contributed by atoms with Crippen LogP contribution in [0.4, 0.5) is 22.3 Å². The van der Waals surface area contributed by atoms with Crippen molar-refractivity contribution in [3.63, 3.8) is 0 Å². The zero-order valence-electron chi connectivity index (χ0n) is 21.6. The monoisotopic (exact) mass is 580 g/mol. The number of rotatable bonds is 10. The van der Waals surface area contributed by atoms with Crippen molar-refractivity contribution in [2.24, 2.45) is 10.2 Å². The van der Waals surface area contributed by atoms with Crippen molar-refractivity contribution in [1.82, 2.24) is 4.98 Å². The van der Waals surface area contributed by atoms with Gasteiger partial charge in [-0.1, -0.05) is 35.6 Å². The Kier molecular flexibility index (Phi) is 8.17. The molecule has 2 heterocycles. The molecule has 208 valence electrons. The molecule has 1 fully saturated rings. The lowest BCUT2D eigenvalue weighted by molar-refractivity contribution is 0.0990. The van der Waals surface area contributed by atoms with Crippen molar-refractivity contribution in [2.45, 2.75) is 19.8 Å². The summed E-state index contributed by atoms with van der Waals surface area (Å²) in [5.74, 6) is 0.121. The summed E-state index contributed by atoms with van der Waals surface area (Å²) in [6.07, 6.45) is 3.70. The zero-order chi connectivity index (χ0) is 28.3. The molecule has 1 aliphatic carbocycles. The van der Waals surface area contributed by atoms with Crippen LogP contribution in [0.2, 0.25) is 0 Å². The minimum Gasteiger partial charge on any atom is -0.726 e. The number of carbonyl (C=O) groups excluding carboxylic acids is 2. The Bertz CT molecular complexity index is 1550. The number of fused-ring (bicyclic) bond motifs is 1. The number of ketones is 2. The van der Waals surface area contributed by atoms with Gasteiger partial charge in [-0.25, -0.2) is 8.42 Å². The van der Waals surface area contributed by atoms with E-state index in [0.29, 0.717) is 39.2 Å². The molecule has 0 atom stereocenters. The van der Waals surface area contributed by atoms with Crippen LogP contribution in [0.1, 0.15) is 45.4 Å². The maximum Gasteiger partial charge on any atom is 0.232 e. The molecule has 1 aromatic heterocycles. The van der Waals surface area contributed by atoms with Crippen molar-refractivity contribution >= 4 is 61.7 Å². The molecule has 13 heteroatoms. The average molecular weight is 581 g/mol. The second kappa shape index (κ2) is 11.8. The summed E-state index contributed by atoms with van der Waals surface area (Å²) in [7, 11) is -4.73. The first-order valence-electron chi connectivity index (χ1n) is 12.8. The van der Waals surface area contributed by atoms with E-state index in [1.165, 1.54) is 11.3 Å². The topological polar surface area (TPSA) is 145 Å². The Morgan fingerprint density at radius 1 is 1.05 bits per heavy atom. The normalized spacial score (nSPS) is 15.3. The SMILES string of the molecule is CCN(CCOS(=O)(=O)[O-])c1ccc(N=Nc2nc(N3CCCC3)c(C=C3C(=O)c4ccccc4C3=O)s2)cc1. The zero-order valence-corrected chi connectivity index (χ0v) is 23.3. The number of hydrogen-bond acceptors (Lipinski definition) is 12. The fourth-order valence-electron chi connectivity index (χ4n) is 4.69. The maximum absolute atomic E-state index is 12.9. The molecular weight excluding hydrogens is 554 g/mol. The van der Waals surface area contributed by atoms with Gasteiger partial charge in [0, 0.05) is 43.0 Å². The first kappa shape index (κ1) is 27.8. The molecule has 0 amide bonds. The number of allylic oxidation sites excluding steroid dienone is 1. The third-order valence-electron chi connectivity index (χ3n) is 6.65. The van der Waals surface area contributed by atoms with Gasteiger partial charge in [-0.15, -0.1) is 10.2 Å². The van der Waals surface area contributed by atoms with E-state index < -0.39 is 10.4 Å². The van der Waals surface area contributed by atoms with Crippen LogP contribution in [0.15, 0.2) is 64.3 Å². The number of likely N-dealkylation sites (N-methyl/N-ethyl adjacent to an activating group) is 1. The number of benzene rings is 2. The van der Waals surface area contributed by atoms with Crippen LogP contribution in [-0.2, 0) is 14.6 Å². The van der Waals surface area contributed by atoms with Crippen LogP contribution in [0.5, 0.6) is 0 Å². The summed E-state index contributed by atoms with van der Waals surface area (Å²) < 4.78 is 36.3. The Labute approximate surface area is 235 Å². The van der Waals surface area contributed by atoms with E-state index >= 15 is 0 Å².